The predicted molar refractivity (Wildman–Crippen MR) is 74.1 cm³/mol. The number of rotatable bonds is 6. The third-order valence-electron chi connectivity index (χ3n) is 3.77. The minimum Gasteiger partial charge on any atom is -0.494 e. The summed E-state index contributed by atoms with van der Waals surface area (Å²) in [6, 6.07) is 7.82. The second-order valence-corrected chi connectivity index (χ2v) is 5.16. The summed E-state index contributed by atoms with van der Waals surface area (Å²) in [5.74, 6) is 0.819. The molecule has 2 rings (SSSR count). The molecule has 0 bridgehead atoms. The van der Waals surface area contributed by atoms with Gasteiger partial charge in [0.05, 0.1) is 32.0 Å². The second kappa shape index (κ2) is 6.37. The fourth-order valence-electron chi connectivity index (χ4n) is 2.37. The first-order valence-electron chi connectivity index (χ1n) is 6.91. The molecule has 0 saturated carbocycles. The van der Waals surface area contributed by atoms with Crippen LogP contribution in [0.2, 0.25) is 0 Å². The Morgan fingerprint density at radius 2 is 2.16 bits per heavy atom. The molecule has 1 saturated heterocycles. The van der Waals surface area contributed by atoms with E-state index in [9.17, 15) is 5.11 Å². The molecule has 1 aliphatic heterocycles. The lowest BCUT2D eigenvalue weighted by molar-refractivity contribution is 0.160. The summed E-state index contributed by atoms with van der Waals surface area (Å²) >= 11 is 0. The van der Waals surface area contributed by atoms with Gasteiger partial charge in [-0.05, 0) is 24.1 Å². The van der Waals surface area contributed by atoms with Crippen LogP contribution in [-0.4, -0.2) is 31.5 Å². The number of hydrogen-bond acceptors (Lipinski definition) is 4. The standard InChI is InChI=1S/C15H23NO3/c1-2-3-8-19-14-6-4-12(5-7-14)15(16)11-18-10-13(15)9-17/h4-7,13,17H,2-3,8-11,16H2,1H3/t13?,15-/m1/s1. The fourth-order valence-corrected chi connectivity index (χ4v) is 2.37. The summed E-state index contributed by atoms with van der Waals surface area (Å²) in [7, 11) is 0. The molecule has 0 aromatic heterocycles. The minimum atomic E-state index is -0.587. The van der Waals surface area contributed by atoms with Crippen LogP contribution < -0.4 is 10.5 Å². The molecule has 4 heteroatoms. The van der Waals surface area contributed by atoms with Crippen LogP contribution >= 0.6 is 0 Å². The third kappa shape index (κ3) is 3.08. The molecule has 0 aliphatic carbocycles. The van der Waals surface area contributed by atoms with Crippen LogP contribution in [0.1, 0.15) is 25.3 Å². The number of hydrogen-bond donors (Lipinski definition) is 2. The maximum absolute atomic E-state index is 9.38. The maximum Gasteiger partial charge on any atom is 0.119 e. The van der Waals surface area contributed by atoms with E-state index < -0.39 is 5.54 Å². The molecule has 106 valence electrons. The van der Waals surface area contributed by atoms with Crippen LogP contribution in [0.15, 0.2) is 24.3 Å². The highest BCUT2D eigenvalue weighted by Gasteiger charge is 2.41. The average Bonchev–Trinajstić information content (AvgIpc) is 2.82. The van der Waals surface area contributed by atoms with Gasteiger partial charge in [-0.1, -0.05) is 25.5 Å². The average molecular weight is 265 g/mol. The van der Waals surface area contributed by atoms with E-state index >= 15 is 0 Å². The molecule has 1 heterocycles. The first-order valence-corrected chi connectivity index (χ1v) is 6.91. The van der Waals surface area contributed by atoms with E-state index in [1.807, 2.05) is 24.3 Å². The van der Waals surface area contributed by atoms with Crippen molar-refractivity contribution in [1.29, 1.82) is 0 Å². The lowest BCUT2D eigenvalue weighted by Crippen LogP contribution is -2.45. The summed E-state index contributed by atoms with van der Waals surface area (Å²) < 4.78 is 11.0. The van der Waals surface area contributed by atoms with Gasteiger partial charge in [-0.25, -0.2) is 0 Å². The Balaban J connectivity index is 2.05. The number of ether oxygens (including phenoxy) is 2. The molecule has 0 amide bonds. The van der Waals surface area contributed by atoms with Crippen molar-refractivity contribution in [2.75, 3.05) is 26.4 Å². The zero-order valence-corrected chi connectivity index (χ0v) is 11.5. The predicted octanol–water partition coefficient (Wildman–Crippen LogP) is 1.66. The summed E-state index contributed by atoms with van der Waals surface area (Å²) in [5.41, 5.74) is 6.79. The monoisotopic (exact) mass is 265 g/mol. The Hall–Kier alpha value is -1.10. The van der Waals surface area contributed by atoms with E-state index in [2.05, 4.69) is 6.92 Å². The van der Waals surface area contributed by atoms with Crippen LogP contribution in [0.5, 0.6) is 5.75 Å². The number of benzene rings is 1. The lowest BCUT2D eigenvalue weighted by Gasteiger charge is -2.28. The molecular weight excluding hydrogens is 242 g/mol. The zero-order chi connectivity index (χ0) is 13.7. The van der Waals surface area contributed by atoms with E-state index in [1.165, 1.54) is 0 Å². The highest BCUT2D eigenvalue weighted by Crippen LogP contribution is 2.33. The van der Waals surface area contributed by atoms with Gasteiger partial charge in [0.15, 0.2) is 0 Å². The summed E-state index contributed by atoms with van der Waals surface area (Å²) in [6.45, 7) is 3.90. The van der Waals surface area contributed by atoms with Crippen molar-refractivity contribution in [2.45, 2.75) is 25.3 Å². The van der Waals surface area contributed by atoms with Crippen molar-refractivity contribution in [3.63, 3.8) is 0 Å². The number of aliphatic hydroxyl groups excluding tert-OH is 1. The Kier molecular flexibility index (Phi) is 4.80. The molecule has 1 unspecified atom stereocenters. The van der Waals surface area contributed by atoms with E-state index in [-0.39, 0.29) is 12.5 Å². The van der Waals surface area contributed by atoms with Crippen molar-refractivity contribution in [2.24, 2.45) is 11.7 Å². The van der Waals surface area contributed by atoms with Crippen LogP contribution in [0.25, 0.3) is 0 Å². The maximum atomic E-state index is 9.38. The molecule has 0 spiro atoms. The topological polar surface area (TPSA) is 64.7 Å². The molecular formula is C15H23NO3. The molecule has 1 fully saturated rings. The van der Waals surface area contributed by atoms with E-state index in [0.717, 1.165) is 30.8 Å². The van der Waals surface area contributed by atoms with Gasteiger partial charge < -0.3 is 20.3 Å². The number of unbranched alkanes of at least 4 members (excludes halogenated alkanes) is 1. The lowest BCUT2D eigenvalue weighted by atomic mass is 9.82. The van der Waals surface area contributed by atoms with Crippen LogP contribution in [-0.2, 0) is 10.3 Å². The minimum absolute atomic E-state index is 0.0423. The van der Waals surface area contributed by atoms with Gasteiger partial charge in [-0.2, -0.15) is 0 Å². The van der Waals surface area contributed by atoms with E-state index in [1.54, 1.807) is 0 Å². The summed E-state index contributed by atoms with van der Waals surface area (Å²) in [4.78, 5) is 0. The van der Waals surface area contributed by atoms with Gasteiger partial charge in [0, 0.05) is 5.92 Å². The molecule has 1 aromatic rings. The van der Waals surface area contributed by atoms with E-state index in [4.69, 9.17) is 15.2 Å². The van der Waals surface area contributed by atoms with Crippen molar-refractivity contribution in [1.82, 2.24) is 0 Å². The SMILES string of the molecule is CCCCOc1ccc([C@]2(N)COCC2CO)cc1. The van der Waals surface area contributed by atoms with Gasteiger partial charge in [0.1, 0.15) is 5.75 Å². The Morgan fingerprint density at radius 1 is 1.42 bits per heavy atom. The molecule has 19 heavy (non-hydrogen) atoms. The van der Waals surface area contributed by atoms with Crippen LogP contribution in [0, 0.1) is 5.92 Å². The summed E-state index contributed by atoms with van der Waals surface area (Å²) in [5, 5.41) is 9.38. The quantitative estimate of drug-likeness (QED) is 0.768. The van der Waals surface area contributed by atoms with Crippen LogP contribution in [0.4, 0.5) is 0 Å². The Morgan fingerprint density at radius 3 is 2.79 bits per heavy atom. The van der Waals surface area contributed by atoms with Gasteiger partial charge in [0.2, 0.25) is 0 Å². The highest BCUT2D eigenvalue weighted by molar-refractivity contribution is 5.33. The second-order valence-electron chi connectivity index (χ2n) is 5.16. The van der Waals surface area contributed by atoms with E-state index in [0.29, 0.717) is 13.2 Å². The fraction of sp³-hybridized carbons (Fsp3) is 0.600. The van der Waals surface area contributed by atoms with Crippen LogP contribution in [0.3, 0.4) is 0 Å². The van der Waals surface area contributed by atoms with Gasteiger partial charge in [-0.15, -0.1) is 0 Å². The van der Waals surface area contributed by atoms with Gasteiger partial charge >= 0.3 is 0 Å². The van der Waals surface area contributed by atoms with Crippen molar-refractivity contribution >= 4 is 0 Å². The first kappa shape index (κ1) is 14.3. The molecule has 1 aliphatic rings. The molecule has 1 aromatic carbocycles. The normalized spacial score (nSPS) is 26.6. The Bertz CT molecular complexity index is 393. The molecule has 3 N–H and O–H groups in total. The largest absolute Gasteiger partial charge is 0.494 e. The molecule has 2 atom stereocenters. The zero-order valence-electron chi connectivity index (χ0n) is 11.5. The highest BCUT2D eigenvalue weighted by atomic mass is 16.5. The van der Waals surface area contributed by atoms with Gasteiger partial charge in [-0.3, -0.25) is 0 Å². The number of aliphatic hydroxyl groups is 1. The Labute approximate surface area is 114 Å². The first-order chi connectivity index (χ1) is 9.20. The summed E-state index contributed by atoms with van der Waals surface area (Å²) in [6.07, 6.45) is 2.18. The molecule has 0 radical (unpaired) electrons. The molecule has 4 nitrogen and oxygen atoms in total. The van der Waals surface area contributed by atoms with Crippen molar-refractivity contribution in [3.05, 3.63) is 29.8 Å². The third-order valence-corrected chi connectivity index (χ3v) is 3.77. The van der Waals surface area contributed by atoms with Crippen molar-refractivity contribution in [3.8, 4) is 5.75 Å². The smallest absolute Gasteiger partial charge is 0.119 e. The van der Waals surface area contributed by atoms with Crippen molar-refractivity contribution < 1.29 is 14.6 Å². The number of nitrogens with two attached hydrogens (primary N) is 1. The van der Waals surface area contributed by atoms with Gasteiger partial charge in [0.25, 0.3) is 0 Å².